The van der Waals surface area contributed by atoms with Gasteiger partial charge in [-0.05, 0) is 30.3 Å². The fourth-order valence-corrected chi connectivity index (χ4v) is 4.68. The molecule has 1 aliphatic heterocycles. The van der Waals surface area contributed by atoms with Gasteiger partial charge < -0.3 is 19.3 Å². The van der Waals surface area contributed by atoms with Gasteiger partial charge in [-0.25, -0.2) is 4.79 Å². The number of carbonyl (C=O) groups is 2. The van der Waals surface area contributed by atoms with Crippen LogP contribution in [0.2, 0.25) is 10.0 Å². The SMILES string of the molecule is O=C1C[C@@H]2[C@@H](/C=C/[C@H](O)COc3cc(Cl)cc(Cl)c3)[C@H](OC(=O)c3ccccc3)C[C@@H]2O1. The second-order valence-corrected chi connectivity index (χ2v) is 8.76. The molecule has 0 aromatic heterocycles. The van der Waals surface area contributed by atoms with E-state index in [9.17, 15) is 14.7 Å². The molecular formula is C24H22Cl2O6. The summed E-state index contributed by atoms with van der Waals surface area (Å²) in [5.74, 6) is -0.600. The summed E-state index contributed by atoms with van der Waals surface area (Å²) < 4.78 is 16.7. The number of aliphatic hydroxyl groups is 1. The molecule has 0 bridgehead atoms. The summed E-state index contributed by atoms with van der Waals surface area (Å²) in [7, 11) is 0. The van der Waals surface area contributed by atoms with E-state index in [1.54, 1.807) is 54.6 Å². The maximum Gasteiger partial charge on any atom is 0.338 e. The van der Waals surface area contributed by atoms with Crippen molar-refractivity contribution in [2.75, 3.05) is 6.61 Å². The molecule has 2 aromatic carbocycles. The van der Waals surface area contributed by atoms with Crippen LogP contribution in [0.4, 0.5) is 0 Å². The van der Waals surface area contributed by atoms with E-state index >= 15 is 0 Å². The maximum atomic E-state index is 12.5. The summed E-state index contributed by atoms with van der Waals surface area (Å²) in [6.07, 6.45) is 2.38. The van der Waals surface area contributed by atoms with Crippen molar-refractivity contribution in [1.29, 1.82) is 0 Å². The molecule has 1 saturated carbocycles. The van der Waals surface area contributed by atoms with Gasteiger partial charge in [0.15, 0.2) is 0 Å². The third kappa shape index (κ3) is 5.44. The average molecular weight is 477 g/mol. The highest BCUT2D eigenvalue weighted by molar-refractivity contribution is 6.34. The van der Waals surface area contributed by atoms with Gasteiger partial charge >= 0.3 is 11.9 Å². The van der Waals surface area contributed by atoms with E-state index in [0.29, 0.717) is 27.8 Å². The first-order chi connectivity index (χ1) is 15.4. The Morgan fingerprint density at radius 1 is 1.19 bits per heavy atom. The number of esters is 2. The average Bonchev–Trinajstić information content (AvgIpc) is 3.26. The Morgan fingerprint density at radius 2 is 1.91 bits per heavy atom. The fraction of sp³-hybridized carbons (Fsp3) is 0.333. The van der Waals surface area contributed by atoms with Crippen LogP contribution in [0.3, 0.4) is 0 Å². The van der Waals surface area contributed by atoms with Crippen molar-refractivity contribution in [2.45, 2.75) is 31.2 Å². The number of aliphatic hydroxyl groups excluding tert-OH is 1. The molecule has 0 unspecified atom stereocenters. The third-order valence-electron chi connectivity index (χ3n) is 5.63. The van der Waals surface area contributed by atoms with Gasteiger partial charge in [0.25, 0.3) is 0 Å². The van der Waals surface area contributed by atoms with Gasteiger partial charge in [0.2, 0.25) is 0 Å². The number of fused-ring (bicyclic) bond motifs is 1. The summed E-state index contributed by atoms with van der Waals surface area (Å²) >= 11 is 11.9. The molecule has 2 aliphatic rings. The standard InChI is InChI=1S/C24H22Cl2O6/c25-15-8-16(26)10-18(9-15)30-13-17(27)6-7-19-20-11-23(28)31-22(20)12-21(19)32-24(29)14-4-2-1-3-5-14/h1-10,17,19-22,27H,11-13H2/b7-6+/t17-,19+,20+,21+,22-/m0/s1. The highest BCUT2D eigenvalue weighted by atomic mass is 35.5. The van der Waals surface area contributed by atoms with Crippen molar-refractivity contribution in [3.8, 4) is 5.75 Å². The monoisotopic (exact) mass is 476 g/mol. The molecule has 2 aromatic rings. The second kappa shape index (κ2) is 9.94. The van der Waals surface area contributed by atoms with Crippen LogP contribution >= 0.6 is 23.2 Å². The zero-order valence-corrected chi connectivity index (χ0v) is 18.5. The van der Waals surface area contributed by atoms with Crippen LogP contribution in [-0.4, -0.2) is 42.0 Å². The molecule has 5 atom stereocenters. The molecule has 6 nitrogen and oxygen atoms in total. The second-order valence-electron chi connectivity index (χ2n) is 7.89. The Morgan fingerprint density at radius 3 is 2.62 bits per heavy atom. The van der Waals surface area contributed by atoms with Crippen LogP contribution < -0.4 is 4.74 Å². The molecule has 1 saturated heterocycles. The minimum absolute atomic E-state index is 0.0160. The van der Waals surface area contributed by atoms with Gasteiger partial charge in [0.1, 0.15) is 30.7 Å². The Kier molecular flexibility index (Phi) is 7.04. The molecule has 4 rings (SSSR count). The summed E-state index contributed by atoms with van der Waals surface area (Å²) in [5.41, 5.74) is 0.456. The molecule has 2 fully saturated rings. The summed E-state index contributed by atoms with van der Waals surface area (Å²) in [6, 6.07) is 13.5. The first-order valence-electron chi connectivity index (χ1n) is 10.3. The van der Waals surface area contributed by atoms with Gasteiger partial charge in [-0.15, -0.1) is 0 Å². The molecule has 8 heteroatoms. The van der Waals surface area contributed by atoms with Gasteiger partial charge in [-0.1, -0.05) is 53.6 Å². The third-order valence-corrected chi connectivity index (χ3v) is 6.07. The molecule has 0 spiro atoms. The van der Waals surface area contributed by atoms with E-state index in [4.69, 9.17) is 37.4 Å². The van der Waals surface area contributed by atoms with Crippen molar-refractivity contribution in [3.63, 3.8) is 0 Å². The Hall–Kier alpha value is -2.54. The smallest absolute Gasteiger partial charge is 0.338 e. The lowest BCUT2D eigenvalue weighted by molar-refractivity contribution is -0.141. The van der Waals surface area contributed by atoms with Crippen molar-refractivity contribution >= 4 is 35.1 Å². The predicted octanol–water partition coefficient (Wildman–Crippen LogP) is 4.47. The lowest BCUT2D eigenvalue weighted by atomic mass is 9.91. The highest BCUT2D eigenvalue weighted by Crippen LogP contribution is 2.43. The number of halogens is 2. The molecule has 1 N–H and O–H groups in total. The van der Waals surface area contributed by atoms with E-state index in [0.717, 1.165) is 0 Å². The zero-order valence-electron chi connectivity index (χ0n) is 17.0. The van der Waals surface area contributed by atoms with Crippen LogP contribution in [0, 0.1) is 11.8 Å². The van der Waals surface area contributed by atoms with Gasteiger partial charge in [0, 0.05) is 28.3 Å². The molecule has 1 heterocycles. The number of carbonyl (C=O) groups excluding carboxylic acids is 2. The largest absolute Gasteiger partial charge is 0.490 e. The van der Waals surface area contributed by atoms with Crippen molar-refractivity contribution in [1.82, 2.24) is 0 Å². The van der Waals surface area contributed by atoms with Crippen LogP contribution in [0.1, 0.15) is 23.2 Å². The lowest BCUT2D eigenvalue weighted by Gasteiger charge is -2.20. The van der Waals surface area contributed by atoms with E-state index in [1.807, 2.05) is 6.07 Å². The number of ether oxygens (including phenoxy) is 3. The fourth-order valence-electron chi connectivity index (χ4n) is 4.18. The molecule has 0 radical (unpaired) electrons. The molecule has 1 aliphatic carbocycles. The maximum absolute atomic E-state index is 12.5. The van der Waals surface area contributed by atoms with E-state index in [2.05, 4.69) is 0 Å². The van der Waals surface area contributed by atoms with E-state index in [1.165, 1.54) is 0 Å². The number of rotatable bonds is 7. The summed E-state index contributed by atoms with van der Waals surface area (Å²) in [6.45, 7) is -0.0160. The minimum atomic E-state index is -0.921. The summed E-state index contributed by atoms with van der Waals surface area (Å²) in [4.78, 5) is 24.3. The molecular weight excluding hydrogens is 455 g/mol. The van der Waals surface area contributed by atoms with Crippen LogP contribution in [0.25, 0.3) is 0 Å². The highest BCUT2D eigenvalue weighted by Gasteiger charge is 2.50. The zero-order chi connectivity index (χ0) is 22.7. The first-order valence-corrected chi connectivity index (χ1v) is 11.1. The Labute approximate surface area is 195 Å². The van der Waals surface area contributed by atoms with Gasteiger partial charge in [-0.2, -0.15) is 0 Å². The quantitative estimate of drug-likeness (QED) is 0.468. The predicted molar refractivity (Wildman–Crippen MR) is 119 cm³/mol. The van der Waals surface area contributed by atoms with E-state index < -0.39 is 18.2 Å². The molecule has 32 heavy (non-hydrogen) atoms. The van der Waals surface area contributed by atoms with Gasteiger partial charge in [0.05, 0.1) is 12.0 Å². The number of benzene rings is 2. The van der Waals surface area contributed by atoms with E-state index in [-0.39, 0.29) is 36.9 Å². The van der Waals surface area contributed by atoms with Crippen LogP contribution in [0.15, 0.2) is 60.7 Å². The van der Waals surface area contributed by atoms with Crippen LogP contribution in [-0.2, 0) is 14.3 Å². The summed E-state index contributed by atoms with van der Waals surface area (Å²) in [5, 5.41) is 11.2. The topological polar surface area (TPSA) is 82.1 Å². The van der Waals surface area contributed by atoms with Crippen molar-refractivity contribution in [3.05, 3.63) is 76.3 Å². The van der Waals surface area contributed by atoms with Crippen LogP contribution in [0.5, 0.6) is 5.75 Å². The minimum Gasteiger partial charge on any atom is -0.490 e. The number of hydrogen-bond acceptors (Lipinski definition) is 6. The molecule has 168 valence electrons. The Balaban J connectivity index is 1.41. The Bertz CT molecular complexity index is 989. The molecule has 0 amide bonds. The van der Waals surface area contributed by atoms with Crippen molar-refractivity contribution in [2.24, 2.45) is 11.8 Å². The first kappa shape index (κ1) is 22.6. The van der Waals surface area contributed by atoms with Gasteiger partial charge in [-0.3, -0.25) is 4.79 Å². The lowest BCUT2D eigenvalue weighted by Crippen LogP contribution is -2.25. The van der Waals surface area contributed by atoms with Crippen molar-refractivity contribution < 1.29 is 28.9 Å². The normalized spacial score (nSPS) is 25.4. The number of hydrogen-bond donors (Lipinski definition) is 1.